The molecule has 0 saturated carbocycles. The van der Waals surface area contributed by atoms with Gasteiger partial charge in [0, 0.05) is 0 Å². The van der Waals surface area contributed by atoms with Gasteiger partial charge in [-0.15, -0.1) is 0 Å². The predicted molar refractivity (Wildman–Crippen MR) is 225 cm³/mol. The van der Waals surface area contributed by atoms with Crippen LogP contribution in [0.5, 0.6) is 0 Å². The Balaban J connectivity index is 4.77. The van der Waals surface area contributed by atoms with Crippen molar-refractivity contribution in [3.8, 4) is 0 Å². The summed E-state index contributed by atoms with van der Waals surface area (Å²) in [6.07, 6.45) is -1.81. The van der Waals surface area contributed by atoms with Crippen LogP contribution in [0.2, 0.25) is 0 Å². The van der Waals surface area contributed by atoms with Gasteiger partial charge in [-0.25, -0.2) is 0 Å². The summed E-state index contributed by atoms with van der Waals surface area (Å²) in [7, 11) is 0. The minimum atomic E-state index is -3.04. The van der Waals surface area contributed by atoms with E-state index in [1.54, 1.807) is 0 Å². The van der Waals surface area contributed by atoms with Gasteiger partial charge in [0.25, 0.3) is 0 Å². The molecule has 0 aliphatic heterocycles. The molecule has 1 nitrogen and oxygen atoms in total. The second-order valence-electron chi connectivity index (χ2n) is 9.32. The van der Waals surface area contributed by atoms with Gasteiger partial charge in [-0.2, -0.15) is 0 Å². The van der Waals surface area contributed by atoms with E-state index in [0.29, 0.717) is 0 Å². The molecule has 0 fully saturated rings. The molecule has 0 aliphatic carbocycles. The van der Waals surface area contributed by atoms with Crippen molar-refractivity contribution in [2.24, 2.45) is 0 Å². The van der Waals surface area contributed by atoms with Crippen LogP contribution in [0.1, 0.15) is 35.3 Å². The van der Waals surface area contributed by atoms with Gasteiger partial charge in [0.05, 0.1) is 6.10 Å². The van der Waals surface area contributed by atoms with Gasteiger partial charge in [0.2, 0.25) is 24.4 Å². The zero-order chi connectivity index (χ0) is 39.3. The molecule has 1 aromatic rings. The fourth-order valence-corrected chi connectivity index (χ4v) is 10.2. The van der Waals surface area contributed by atoms with Crippen LogP contribution in [-0.2, 0) is 13.0 Å². The zero-order valence-electron chi connectivity index (χ0n) is 21.4. The summed E-state index contributed by atoms with van der Waals surface area (Å²) in [5, 5.41) is 11.2. The average molecular weight is 1220 g/mol. The normalized spacial score (nSPS) is 16.8. The zero-order valence-corrected chi connectivity index (χ0v) is 41.8. The lowest BCUT2D eigenvalue weighted by Crippen LogP contribution is -2.57. The summed E-state index contributed by atoms with van der Waals surface area (Å²) >= 11 is 171. The number of halogens is 27. The Morgan fingerprint density at radius 3 is 0.771 bits per heavy atom. The maximum atomic E-state index is 11.2. The maximum absolute atomic E-state index is 11.2. The molecule has 282 valence electrons. The standard InChI is InChI=1S/C20H7Cl27O/c1-4(48)8-6(10(23,24)13(29,30)16(35,36)19(42,43)44)2-5(9(21,22)12(27,28)15(33,34)18(39,40)41)3-7(8)11(25,26)14(31,32)17(37,38)20(45,46)47/h2-4,48H,1H3. The maximum Gasteiger partial charge on any atom is 0.226 e. The first kappa shape index (κ1) is 53.0. The van der Waals surface area contributed by atoms with Crippen LogP contribution in [-0.4, -0.2) is 42.5 Å². The lowest BCUT2D eigenvalue weighted by atomic mass is 9.86. The quantitative estimate of drug-likeness (QED) is 0.232. The Morgan fingerprint density at radius 2 is 0.583 bits per heavy atom. The van der Waals surface area contributed by atoms with E-state index in [-0.39, 0.29) is 0 Å². The van der Waals surface area contributed by atoms with E-state index < -0.39 is 78.7 Å². The van der Waals surface area contributed by atoms with Crippen molar-refractivity contribution in [3.63, 3.8) is 0 Å². The topological polar surface area (TPSA) is 20.2 Å². The third kappa shape index (κ3) is 9.03. The number of benzene rings is 1. The number of aliphatic hydroxyl groups excluding tert-OH is 1. The molecule has 1 atom stereocenters. The Kier molecular flexibility index (Phi) is 18.2. The van der Waals surface area contributed by atoms with Gasteiger partial charge in [-0.3, -0.25) is 0 Å². The summed E-state index contributed by atoms with van der Waals surface area (Å²) < 4.78 is -35.0. The van der Waals surface area contributed by atoms with Crippen LogP contribution in [0.15, 0.2) is 12.1 Å². The lowest BCUT2D eigenvalue weighted by molar-refractivity contribution is 0.195. The van der Waals surface area contributed by atoms with Crippen molar-refractivity contribution in [2.75, 3.05) is 0 Å². The number of hydrogen-bond acceptors (Lipinski definition) is 1. The molecule has 0 saturated heterocycles. The van der Waals surface area contributed by atoms with Crippen molar-refractivity contribution in [1.29, 1.82) is 0 Å². The molecular weight excluding hydrogens is 1210 g/mol. The first-order chi connectivity index (χ1) is 20.4. The fraction of sp³-hybridized carbons (Fsp3) is 0.700. The first-order valence-electron chi connectivity index (χ1n) is 10.9. The molecule has 0 radical (unpaired) electrons. The van der Waals surface area contributed by atoms with E-state index in [1.807, 2.05) is 0 Å². The highest BCUT2D eigenvalue weighted by atomic mass is 35.6. The lowest BCUT2D eigenvalue weighted by Gasteiger charge is -2.48. The minimum absolute atomic E-state index is 0.574. The van der Waals surface area contributed by atoms with Crippen molar-refractivity contribution >= 4 is 313 Å². The molecule has 1 unspecified atom stereocenters. The third-order valence-corrected chi connectivity index (χ3v) is 22.4. The number of aliphatic hydroxyl groups is 1. The molecular formula is C20H7Cl27O. The van der Waals surface area contributed by atoms with E-state index in [9.17, 15) is 5.11 Å². The minimum Gasteiger partial charge on any atom is -0.389 e. The summed E-state index contributed by atoms with van der Waals surface area (Å²) in [5.41, 5.74) is -2.64. The van der Waals surface area contributed by atoms with E-state index in [2.05, 4.69) is 0 Å². The van der Waals surface area contributed by atoms with Gasteiger partial charge in [0.15, 0.2) is 26.0 Å². The molecule has 0 aromatic heterocycles. The molecule has 0 spiro atoms. The second-order valence-corrected chi connectivity index (χ2v) is 28.1. The molecule has 0 heterocycles. The second kappa shape index (κ2) is 16.5. The van der Waals surface area contributed by atoms with Gasteiger partial charge < -0.3 is 5.11 Å². The number of alkyl halides is 27. The Bertz CT molecular complexity index is 1270. The third-order valence-electron chi connectivity index (χ3n) is 6.07. The summed E-state index contributed by atoms with van der Waals surface area (Å²) in [6.45, 7) is 1.10. The predicted octanol–water partition coefficient (Wildman–Crippen LogP) is 17.8. The SMILES string of the molecule is CC(O)c1c(C(Cl)(Cl)C(Cl)(Cl)C(Cl)(Cl)C(Cl)(Cl)Cl)cc(C(Cl)(Cl)C(Cl)(Cl)C(Cl)(Cl)C(Cl)(Cl)Cl)cc1C(Cl)(Cl)C(Cl)(Cl)C(Cl)(Cl)C(Cl)(Cl)Cl. The van der Waals surface area contributed by atoms with E-state index in [4.69, 9.17) is 313 Å². The Morgan fingerprint density at radius 1 is 0.375 bits per heavy atom. The van der Waals surface area contributed by atoms with E-state index in [0.717, 1.165) is 19.1 Å². The van der Waals surface area contributed by atoms with E-state index in [1.165, 1.54) is 0 Å². The smallest absolute Gasteiger partial charge is 0.226 e. The highest BCUT2D eigenvalue weighted by Crippen LogP contribution is 2.71. The molecule has 0 bridgehead atoms. The van der Waals surface area contributed by atoms with Crippen molar-refractivity contribution in [1.82, 2.24) is 0 Å². The van der Waals surface area contributed by atoms with Crippen LogP contribution < -0.4 is 0 Å². The molecule has 1 rings (SSSR count). The van der Waals surface area contributed by atoms with Crippen LogP contribution in [0.25, 0.3) is 0 Å². The molecule has 1 aromatic carbocycles. The highest BCUT2D eigenvalue weighted by molar-refractivity contribution is 6.82. The number of rotatable bonds is 10. The van der Waals surface area contributed by atoms with Crippen LogP contribution >= 0.6 is 313 Å². The van der Waals surface area contributed by atoms with E-state index >= 15 is 0 Å². The molecule has 48 heavy (non-hydrogen) atoms. The molecule has 28 heteroatoms. The van der Waals surface area contributed by atoms with Crippen LogP contribution in [0.3, 0.4) is 0 Å². The molecule has 0 aliphatic rings. The molecule has 0 amide bonds. The van der Waals surface area contributed by atoms with Crippen LogP contribution in [0, 0.1) is 0 Å². The van der Waals surface area contributed by atoms with Crippen LogP contribution in [0.4, 0.5) is 0 Å². The van der Waals surface area contributed by atoms with Gasteiger partial charge >= 0.3 is 0 Å². The van der Waals surface area contributed by atoms with Gasteiger partial charge in [0.1, 0.15) is 0 Å². The van der Waals surface area contributed by atoms with Crippen molar-refractivity contribution in [3.05, 3.63) is 34.4 Å². The summed E-state index contributed by atoms with van der Waals surface area (Å²) in [5.74, 6) is 0. The fourth-order valence-electron chi connectivity index (χ4n) is 3.45. The summed E-state index contributed by atoms with van der Waals surface area (Å²) in [6, 6.07) is 1.68. The number of hydrogen-bond donors (Lipinski definition) is 1. The van der Waals surface area contributed by atoms with Gasteiger partial charge in [-0.05, 0) is 41.3 Å². The largest absolute Gasteiger partial charge is 0.389 e. The van der Waals surface area contributed by atoms with Gasteiger partial charge in [-0.1, -0.05) is 313 Å². The monoisotopic (exact) mass is 1210 g/mol. The first-order valence-corrected chi connectivity index (χ1v) is 21.1. The average Bonchev–Trinajstić information content (AvgIpc) is 2.84. The van der Waals surface area contributed by atoms with Crippen molar-refractivity contribution < 1.29 is 5.11 Å². The highest BCUT2D eigenvalue weighted by Gasteiger charge is 2.73. The molecule has 1 N–H and O–H groups in total. The van der Waals surface area contributed by atoms with Crippen molar-refractivity contribution in [2.45, 2.75) is 63.4 Å². The summed E-state index contributed by atoms with van der Waals surface area (Å²) in [4.78, 5) is 0. The Hall–Kier alpha value is 7.01. The Labute approximate surface area is 410 Å².